The van der Waals surface area contributed by atoms with E-state index in [4.69, 9.17) is 10.2 Å². The highest BCUT2D eigenvalue weighted by Crippen LogP contribution is 2.30. The van der Waals surface area contributed by atoms with Crippen molar-refractivity contribution in [3.8, 4) is 0 Å². The Hall–Kier alpha value is -1.51. The Morgan fingerprint density at radius 3 is 2.37 bits per heavy atom. The van der Waals surface area contributed by atoms with Crippen LogP contribution in [-0.4, -0.2) is 58.5 Å². The molecule has 0 aliphatic heterocycles. The molecule has 0 aromatic rings. The van der Waals surface area contributed by atoms with Gasteiger partial charge in [0.05, 0.1) is 0 Å². The Labute approximate surface area is 107 Å². The molecule has 2 amide bonds. The predicted octanol–water partition coefficient (Wildman–Crippen LogP) is 0.558. The van der Waals surface area contributed by atoms with Crippen LogP contribution in [0.25, 0.3) is 0 Å². The molecular weight excluding hydrogens is 269 g/mol. The summed E-state index contributed by atoms with van der Waals surface area (Å²) in [5, 5.41) is 19.5. The summed E-state index contributed by atoms with van der Waals surface area (Å²) in [7, 11) is 0. The minimum absolute atomic E-state index is 0.201. The highest BCUT2D eigenvalue weighted by molar-refractivity contribution is 5.75. The first-order chi connectivity index (χ1) is 8.70. The Balaban J connectivity index is 2.38. The van der Waals surface area contributed by atoms with E-state index in [9.17, 15) is 22.8 Å². The van der Waals surface area contributed by atoms with Crippen molar-refractivity contribution < 1.29 is 33.0 Å². The standard InChI is InChI=1S/C10H15F3N2O4/c11-10(12,13)5-15(6-1-2-6)9(19)14-4-3-7(16)8(17)18/h6-7,16H,1-5H2,(H,14,19)(H,17,18)/t7-/m0/s1. The minimum atomic E-state index is -4.47. The van der Waals surface area contributed by atoms with E-state index in [1.54, 1.807) is 0 Å². The van der Waals surface area contributed by atoms with Gasteiger partial charge in [-0.15, -0.1) is 0 Å². The van der Waals surface area contributed by atoms with Crippen molar-refractivity contribution in [2.75, 3.05) is 13.1 Å². The maximum absolute atomic E-state index is 12.3. The van der Waals surface area contributed by atoms with Gasteiger partial charge in [-0.25, -0.2) is 9.59 Å². The number of alkyl halides is 3. The van der Waals surface area contributed by atoms with Gasteiger partial charge in [-0.05, 0) is 12.8 Å². The minimum Gasteiger partial charge on any atom is -0.479 e. The van der Waals surface area contributed by atoms with Gasteiger partial charge in [-0.3, -0.25) is 0 Å². The number of hydrogen-bond acceptors (Lipinski definition) is 3. The highest BCUT2D eigenvalue weighted by Gasteiger charge is 2.40. The van der Waals surface area contributed by atoms with Crippen LogP contribution in [0.15, 0.2) is 0 Å². The van der Waals surface area contributed by atoms with Crippen LogP contribution in [0.2, 0.25) is 0 Å². The van der Waals surface area contributed by atoms with Gasteiger partial charge in [0.25, 0.3) is 0 Å². The van der Waals surface area contributed by atoms with Gasteiger partial charge in [-0.2, -0.15) is 13.2 Å². The number of aliphatic hydroxyl groups is 1. The fourth-order valence-electron chi connectivity index (χ4n) is 1.49. The Bertz CT molecular complexity index is 344. The van der Waals surface area contributed by atoms with Gasteiger partial charge in [0.15, 0.2) is 6.10 Å². The third kappa shape index (κ3) is 5.77. The number of carbonyl (C=O) groups is 2. The number of nitrogens with zero attached hydrogens (tertiary/aromatic N) is 1. The predicted molar refractivity (Wildman–Crippen MR) is 57.4 cm³/mol. The number of carboxylic acid groups (broad SMARTS) is 1. The fraction of sp³-hybridized carbons (Fsp3) is 0.800. The van der Waals surface area contributed by atoms with Gasteiger partial charge < -0.3 is 20.4 Å². The van der Waals surface area contributed by atoms with Gasteiger partial charge in [0, 0.05) is 19.0 Å². The second kappa shape index (κ2) is 6.09. The first kappa shape index (κ1) is 15.5. The number of carboxylic acids is 1. The molecule has 1 saturated carbocycles. The second-order valence-corrected chi connectivity index (χ2v) is 4.35. The van der Waals surface area contributed by atoms with Crippen LogP contribution in [0.3, 0.4) is 0 Å². The van der Waals surface area contributed by atoms with Crippen LogP contribution in [-0.2, 0) is 4.79 Å². The van der Waals surface area contributed by atoms with Gasteiger partial charge in [0.1, 0.15) is 6.54 Å². The lowest BCUT2D eigenvalue weighted by Crippen LogP contribution is -2.46. The monoisotopic (exact) mass is 284 g/mol. The SMILES string of the molecule is O=C(O)[C@@H](O)CCNC(=O)N(CC(F)(F)F)C1CC1. The molecule has 19 heavy (non-hydrogen) atoms. The van der Waals surface area contributed by atoms with Crippen LogP contribution < -0.4 is 5.32 Å². The van der Waals surface area contributed by atoms with Crippen LogP contribution in [0.4, 0.5) is 18.0 Å². The number of amides is 2. The maximum Gasteiger partial charge on any atom is 0.406 e. The van der Waals surface area contributed by atoms with Crippen molar-refractivity contribution in [1.82, 2.24) is 10.2 Å². The molecule has 1 fully saturated rings. The van der Waals surface area contributed by atoms with E-state index in [2.05, 4.69) is 5.32 Å². The lowest BCUT2D eigenvalue weighted by molar-refractivity contribution is -0.146. The number of halogens is 3. The quantitative estimate of drug-likeness (QED) is 0.664. The van der Waals surface area contributed by atoms with Crippen molar-refractivity contribution in [2.24, 2.45) is 0 Å². The molecule has 0 heterocycles. The van der Waals surface area contributed by atoms with E-state index in [0.29, 0.717) is 17.7 Å². The zero-order valence-corrected chi connectivity index (χ0v) is 9.98. The van der Waals surface area contributed by atoms with Crippen molar-refractivity contribution in [3.63, 3.8) is 0 Å². The van der Waals surface area contributed by atoms with Gasteiger partial charge in [0.2, 0.25) is 0 Å². The maximum atomic E-state index is 12.3. The van der Waals surface area contributed by atoms with Crippen molar-refractivity contribution >= 4 is 12.0 Å². The number of hydrogen-bond donors (Lipinski definition) is 3. The zero-order chi connectivity index (χ0) is 14.6. The summed E-state index contributed by atoms with van der Waals surface area (Å²) in [5.74, 6) is -1.44. The number of nitrogens with one attached hydrogen (secondary N) is 1. The first-order valence-electron chi connectivity index (χ1n) is 5.73. The van der Waals surface area contributed by atoms with Gasteiger partial charge >= 0.3 is 18.2 Å². The second-order valence-electron chi connectivity index (χ2n) is 4.35. The van der Waals surface area contributed by atoms with Crippen LogP contribution in [0, 0.1) is 0 Å². The van der Waals surface area contributed by atoms with Crippen LogP contribution in [0.5, 0.6) is 0 Å². The number of aliphatic hydroxyl groups excluding tert-OH is 1. The number of aliphatic carboxylic acids is 1. The summed E-state index contributed by atoms with van der Waals surface area (Å²) in [6.07, 6.45) is -5.31. The molecular formula is C10H15F3N2O4. The van der Waals surface area contributed by atoms with Crippen molar-refractivity contribution in [1.29, 1.82) is 0 Å². The normalized spacial score (nSPS) is 16.8. The zero-order valence-electron chi connectivity index (χ0n) is 9.98. The first-order valence-corrected chi connectivity index (χ1v) is 5.73. The van der Waals surface area contributed by atoms with Crippen LogP contribution in [0.1, 0.15) is 19.3 Å². The molecule has 6 nitrogen and oxygen atoms in total. The topological polar surface area (TPSA) is 89.9 Å². The average molecular weight is 284 g/mol. The molecule has 0 aromatic heterocycles. The van der Waals surface area contributed by atoms with E-state index < -0.39 is 36.9 Å². The Morgan fingerprint density at radius 1 is 1.37 bits per heavy atom. The largest absolute Gasteiger partial charge is 0.479 e. The fourth-order valence-corrected chi connectivity index (χ4v) is 1.49. The smallest absolute Gasteiger partial charge is 0.406 e. The highest BCUT2D eigenvalue weighted by atomic mass is 19.4. The Kier molecular flexibility index (Phi) is 4.98. The van der Waals surface area contributed by atoms with E-state index in [1.807, 2.05) is 0 Å². The summed E-state index contributed by atoms with van der Waals surface area (Å²) in [6.45, 7) is -1.53. The number of urea groups is 1. The lowest BCUT2D eigenvalue weighted by Gasteiger charge is -2.24. The molecule has 0 spiro atoms. The summed E-state index contributed by atoms with van der Waals surface area (Å²) in [5.41, 5.74) is 0. The van der Waals surface area contributed by atoms with Crippen molar-refractivity contribution in [2.45, 2.75) is 37.6 Å². The molecule has 1 rings (SSSR count). The van der Waals surface area contributed by atoms with Gasteiger partial charge in [-0.1, -0.05) is 0 Å². The number of carbonyl (C=O) groups excluding carboxylic acids is 1. The summed E-state index contributed by atoms with van der Waals surface area (Å²) >= 11 is 0. The molecule has 0 unspecified atom stereocenters. The Morgan fingerprint density at radius 2 is 1.95 bits per heavy atom. The summed E-state index contributed by atoms with van der Waals surface area (Å²) < 4.78 is 36.8. The molecule has 110 valence electrons. The molecule has 0 saturated heterocycles. The molecule has 1 atom stereocenters. The molecule has 1 aliphatic rings. The van der Waals surface area contributed by atoms with E-state index in [0.717, 1.165) is 0 Å². The molecule has 9 heteroatoms. The number of rotatable bonds is 6. The molecule has 0 aromatic carbocycles. The molecule has 1 aliphatic carbocycles. The van der Waals surface area contributed by atoms with Crippen LogP contribution >= 0.6 is 0 Å². The van der Waals surface area contributed by atoms with E-state index >= 15 is 0 Å². The third-order valence-electron chi connectivity index (χ3n) is 2.58. The van der Waals surface area contributed by atoms with Crippen molar-refractivity contribution in [3.05, 3.63) is 0 Å². The summed E-state index contributed by atoms with van der Waals surface area (Å²) in [4.78, 5) is 22.5. The molecule has 3 N–H and O–H groups in total. The van der Waals surface area contributed by atoms with E-state index in [1.165, 1.54) is 0 Å². The third-order valence-corrected chi connectivity index (χ3v) is 2.58. The lowest BCUT2D eigenvalue weighted by atomic mass is 10.2. The summed E-state index contributed by atoms with van der Waals surface area (Å²) in [6, 6.07) is -1.30. The molecule has 0 bridgehead atoms. The van der Waals surface area contributed by atoms with E-state index in [-0.39, 0.29) is 13.0 Å². The molecule has 0 radical (unpaired) electrons. The average Bonchev–Trinajstić information content (AvgIpc) is 3.07.